The van der Waals surface area contributed by atoms with Crippen LogP contribution in [0, 0.1) is 0 Å². The molecule has 0 N–H and O–H groups in total. The Morgan fingerprint density at radius 3 is 1.42 bits per heavy atom. The Bertz CT molecular complexity index is 6330. The van der Waals surface area contributed by atoms with Gasteiger partial charge in [-0.25, -0.2) is 34.9 Å². The van der Waals surface area contributed by atoms with Crippen molar-refractivity contribution in [1.29, 1.82) is 0 Å². The van der Waals surface area contributed by atoms with E-state index in [1.807, 2.05) is 54.6 Å². The molecule has 0 aliphatic rings. The van der Waals surface area contributed by atoms with Crippen LogP contribution in [-0.4, -0.2) is 40.6 Å². The number of hydrogen-bond donors (Lipinski definition) is 0. The molecule has 0 saturated carbocycles. The molecular weight excluding hydrogens is 1300 g/mol. The van der Waals surface area contributed by atoms with Crippen LogP contribution >= 0.6 is 45.3 Å². The van der Waals surface area contributed by atoms with Gasteiger partial charge in [-0.15, -0.1) is 45.3 Å². The number of rotatable bonds is 14. The predicted octanol–water partition coefficient (Wildman–Crippen LogP) is 24.5. The van der Waals surface area contributed by atoms with Gasteiger partial charge in [0.05, 0.1) is 46.9 Å². The largest absolute Gasteiger partial charge is 0.456 e. The minimum Gasteiger partial charge on any atom is -0.456 e. The first-order valence-corrected chi connectivity index (χ1v) is 36.3. The topological polar surface area (TPSA) is 116 Å². The molecular formula is C87H54N8OS4. The van der Waals surface area contributed by atoms with Crippen LogP contribution in [0.4, 0.5) is 0 Å². The van der Waals surface area contributed by atoms with Crippen LogP contribution in [0.5, 0.6) is 0 Å². The summed E-state index contributed by atoms with van der Waals surface area (Å²) in [5.74, 6) is 1.73. The lowest BCUT2D eigenvalue weighted by atomic mass is 9.92. The van der Waals surface area contributed by atoms with E-state index in [0.29, 0.717) is 23.9 Å². The third kappa shape index (κ3) is 11.1. The number of fused-ring (bicyclic) bond motifs is 10. The van der Waals surface area contributed by atoms with Gasteiger partial charge in [-0.1, -0.05) is 170 Å². The van der Waals surface area contributed by atoms with Crippen molar-refractivity contribution in [3.8, 4) is 87.6 Å². The highest BCUT2D eigenvalue weighted by Crippen LogP contribution is 2.44. The van der Waals surface area contributed by atoms with Crippen molar-refractivity contribution in [3.05, 3.63) is 302 Å². The molecule has 100 heavy (non-hydrogen) atoms. The fourth-order valence-corrected chi connectivity index (χ4v) is 17.4. The zero-order valence-electron chi connectivity index (χ0n) is 53.7. The summed E-state index contributed by atoms with van der Waals surface area (Å²) in [6, 6.07) is 97.5. The zero-order valence-corrected chi connectivity index (χ0v) is 56.9. The van der Waals surface area contributed by atoms with Crippen molar-refractivity contribution >= 4 is 141 Å². The first-order valence-electron chi connectivity index (χ1n) is 33.0. The fourth-order valence-electron chi connectivity index (χ4n) is 13.5. The Morgan fingerprint density at radius 2 is 0.790 bits per heavy atom. The van der Waals surface area contributed by atoms with Crippen molar-refractivity contribution in [2.75, 3.05) is 0 Å². The van der Waals surface area contributed by atoms with Gasteiger partial charge in [-0.05, 0) is 184 Å². The molecule has 472 valence electrons. The van der Waals surface area contributed by atoms with Crippen molar-refractivity contribution in [2.45, 2.75) is 19.4 Å². The van der Waals surface area contributed by atoms with Gasteiger partial charge in [0.15, 0.2) is 17.5 Å². The standard InChI is InChI=1S/C87H54N8OS4/c1-50(60-40-62(84-89-70-23-11-14-26-77(70)97-84)44-63(41-60)85-90-71-24-12-15-27-78(71)98-85)39-74(88-51(2)52-17-5-3-6-18-52)58-35-38-76-69(47-58)68-46-56(34-37-75(68)96-76)57-33-36-73-80(49-57)100-87(92-73)65-43-61(42-64(45-65)86-91-72-25-13-16-28-79(72)99-86)83-94-81(55-20-7-4-8-21-55)93-82(95-83)59-32-31-54-30-29-53-19-9-10-22-66(53)67(54)48-59/h3-38,40-49,74H,1,39H2,2H3/t74-/m1/s1. The number of para-hydroxylation sites is 3. The summed E-state index contributed by atoms with van der Waals surface area (Å²) in [6.45, 7) is 6.96. The molecule has 1 atom stereocenters. The van der Waals surface area contributed by atoms with Crippen LogP contribution in [0.1, 0.15) is 36.1 Å². The average molecular weight is 1360 g/mol. The zero-order chi connectivity index (χ0) is 66.4. The molecule has 6 heterocycles. The number of benzene rings is 13. The molecule has 13 heteroatoms. The van der Waals surface area contributed by atoms with E-state index in [4.69, 9.17) is 50.9 Å². The van der Waals surface area contributed by atoms with Gasteiger partial charge >= 0.3 is 0 Å². The van der Waals surface area contributed by atoms with Crippen LogP contribution in [0.3, 0.4) is 0 Å². The van der Waals surface area contributed by atoms with Gasteiger partial charge in [0.1, 0.15) is 31.2 Å². The molecule has 0 spiro atoms. The van der Waals surface area contributed by atoms with Gasteiger partial charge in [-0.3, -0.25) is 4.99 Å². The molecule has 0 aliphatic carbocycles. The molecule has 19 aromatic rings. The maximum Gasteiger partial charge on any atom is 0.164 e. The lowest BCUT2D eigenvalue weighted by Crippen LogP contribution is -2.03. The molecule has 13 aromatic carbocycles. The number of aromatic nitrogens is 7. The van der Waals surface area contributed by atoms with Crippen LogP contribution < -0.4 is 0 Å². The molecule has 9 nitrogen and oxygen atoms in total. The van der Waals surface area contributed by atoms with Crippen molar-refractivity contribution in [3.63, 3.8) is 0 Å². The number of hydrogen-bond acceptors (Lipinski definition) is 13. The molecule has 0 unspecified atom stereocenters. The Balaban J connectivity index is 0.687. The van der Waals surface area contributed by atoms with E-state index >= 15 is 0 Å². The fraction of sp³-hybridized carbons (Fsp3) is 0.0345. The Labute approximate surface area is 590 Å². The van der Waals surface area contributed by atoms with E-state index in [2.05, 4.69) is 231 Å². The second-order valence-electron chi connectivity index (χ2n) is 25.1. The lowest BCUT2D eigenvalue weighted by Gasteiger charge is -2.18. The number of nitrogens with zero attached hydrogens (tertiary/aromatic N) is 8. The summed E-state index contributed by atoms with van der Waals surface area (Å²) in [7, 11) is 0. The summed E-state index contributed by atoms with van der Waals surface area (Å²) in [4.78, 5) is 42.2. The highest BCUT2D eigenvalue weighted by Gasteiger charge is 2.23. The molecule has 0 aliphatic heterocycles. The van der Waals surface area contributed by atoms with Gasteiger partial charge in [-0.2, -0.15) is 0 Å². The minimum absolute atomic E-state index is 0.290. The summed E-state index contributed by atoms with van der Waals surface area (Å²) in [6.07, 6.45) is 0.557. The van der Waals surface area contributed by atoms with Crippen LogP contribution in [0.2, 0.25) is 0 Å². The normalized spacial score (nSPS) is 12.3. The molecule has 0 saturated heterocycles. The van der Waals surface area contributed by atoms with Gasteiger partial charge in [0, 0.05) is 55.4 Å². The lowest BCUT2D eigenvalue weighted by molar-refractivity contribution is 0.668. The van der Waals surface area contributed by atoms with E-state index < -0.39 is 0 Å². The monoisotopic (exact) mass is 1350 g/mol. The van der Waals surface area contributed by atoms with Gasteiger partial charge in [0.2, 0.25) is 0 Å². The first kappa shape index (κ1) is 59.4. The first-order chi connectivity index (χ1) is 49.2. The third-order valence-corrected chi connectivity index (χ3v) is 23.0. The van der Waals surface area contributed by atoms with Gasteiger partial charge in [0.25, 0.3) is 0 Å². The highest BCUT2D eigenvalue weighted by molar-refractivity contribution is 7.23. The van der Waals surface area contributed by atoms with Crippen molar-refractivity contribution in [1.82, 2.24) is 34.9 Å². The minimum atomic E-state index is -0.290. The van der Waals surface area contributed by atoms with E-state index in [0.717, 1.165) is 172 Å². The SMILES string of the molecule is C=C(C[C@@H](N=C(C)c1ccccc1)c1ccc2oc3ccc(-c4ccc5nc(-c6cc(-c7nc(-c8ccccc8)nc(-c8ccc9ccc%10ccccc%10c9c8)n7)cc(-c7nc8ccccc8s7)c6)sc5c4)cc3c2c1)c1cc(-c2nc3ccccc3s2)cc(-c2nc3ccccc3s2)c1. The maximum absolute atomic E-state index is 6.66. The summed E-state index contributed by atoms with van der Waals surface area (Å²) >= 11 is 6.74. The Morgan fingerprint density at radius 1 is 0.340 bits per heavy atom. The third-order valence-electron chi connectivity index (χ3n) is 18.7. The maximum atomic E-state index is 6.66. The second-order valence-corrected chi connectivity index (χ2v) is 29.2. The molecule has 0 radical (unpaired) electrons. The molecule has 0 fully saturated rings. The molecule has 6 aromatic heterocycles. The summed E-state index contributed by atoms with van der Waals surface area (Å²) < 4.78 is 11.1. The predicted molar refractivity (Wildman–Crippen MR) is 420 cm³/mol. The second kappa shape index (κ2) is 24.6. The summed E-state index contributed by atoms with van der Waals surface area (Å²) in [5.41, 5.74) is 19.2. The van der Waals surface area contributed by atoms with Crippen LogP contribution in [-0.2, 0) is 0 Å². The van der Waals surface area contributed by atoms with Gasteiger partial charge < -0.3 is 4.42 Å². The Kier molecular flexibility index (Phi) is 14.6. The van der Waals surface area contributed by atoms with E-state index in [1.54, 1.807) is 45.3 Å². The quantitative estimate of drug-likeness (QED) is 0.0781. The van der Waals surface area contributed by atoms with E-state index in [-0.39, 0.29) is 6.04 Å². The van der Waals surface area contributed by atoms with Crippen molar-refractivity contribution < 1.29 is 4.42 Å². The van der Waals surface area contributed by atoms with Crippen LogP contribution in [0.15, 0.2) is 295 Å². The molecule has 0 bridgehead atoms. The Hall–Kier alpha value is -11.8. The molecule has 19 rings (SSSR count). The number of thiazole rings is 4. The smallest absolute Gasteiger partial charge is 0.164 e. The average Bonchev–Trinajstić information content (AvgIpc) is 1.42. The van der Waals surface area contributed by atoms with Crippen molar-refractivity contribution in [2.24, 2.45) is 4.99 Å². The molecule has 0 amide bonds. The highest BCUT2D eigenvalue weighted by atomic mass is 32.1. The van der Waals surface area contributed by atoms with E-state index in [9.17, 15) is 0 Å². The number of furan rings is 1. The van der Waals surface area contributed by atoms with Crippen LogP contribution in [0.25, 0.3) is 177 Å². The summed E-state index contributed by atoms with van der Waals surface area (Å²) in [5, 5.41) is 10.4. The van der Waals surface area contributed by atoms with E-state index in [1.165, 1.54) is 10.8 Å². The number of aliphatic imine (C=N–C) groups is 1.